The zero-order valence-corrected chi connectivity index (χ0v) is 17.0. The first-order valence-electron chi connectivity index (χ1n) is 9.52. The zero-order valence-electron chi connectivity index (χ0n) is 17.0. The third-order valence-electron chi connectivity index (χ3n) is 4.36. The quantitative estimate of drug-likeness (QED) is 0.504. The highest BCUT2D eigenvalue weighted by Gasteiger charge is 2.35. The van der Waals surface area contributed by atoms with Crippen molar-refractivity contribution in [1.29, 1.82) is 0 Å². The van der Waals surface area contributed by atoms with Gasteiger partial charge in [0.25, 0.3) is 0 Å². The molecule has 0 saturated heterocycles. The first-order valence-corrected chi connectivity index (χ1v) is 9.52. The SMILES string of the molecule is CCCOc1ccc(Nc2nc(N(C)c3cccc(C)c3)ncc2C(F)(F)F)cc1. The fourth-order valence-corrected chi connectivity index (χ4v) is 2.78. The molecule has 1 N–H and O–H groups in total. The lowest BCUT2D eigenvalue weighted by molar-refractivity contribution is -0.137. The molecule has 0 saturated carbocycles. The monoisotopic (exact) mass is 416 g/mol. The van der Waals surface area contributed by atoms with E-state index in [1.807, 2.05) is 38.1 Å². The van der Waals surface area contributed by atoms with Crippen LogP contribution in [0.15, 0.2) is 54.7 Å². The van der Waals surface area contributed by atoms with Crippen molar-refractivity contribution in [1.82, 2.24) is 9.97 Å². The summed E-state index contributed by atoms with van der Waals surface area (Å²) in [5, 5.41) is 2.77. The summed E-state index contributed by atoms with van der Waals surface area (Å²) in [4.78, 5) is 9.74. The molecule has 158 valence electrons. The van der Waals surface area contributed by atoms with Gasteiger partial charge < -0.3 is 15.0 Å². The molecule has 1 heterocycles. The van der Waals surface area contributed by atoms with Gasteiger partial charge in [0.15, 0.2) is 0 Å². The second-order valence-corrected chi connectivity index (χ2v) is 6.83. The second-order valence-electron chi connectivity index (χ2n) is 6.83. The molecular weight excluding hydrogens is 393 g/mol. The van der Waals surface area contributed by atoms with E-state index < -0.39 is 11.7 Å². The number of hydrogen-bond acceptors (Lipinski definition) is 5. The van der Waals surface area contributed by atoms with Crippen LogP contribution in [0.4, 0.5) is 36.3 Å². The topological polar surface area (TPSA) is 50.3 Å². The summed E-state index contributed by atoms with van der Waals surface area (Å²) in [5.74, 6) is 0.495. The van der Waals surface area contributed by atoms with Gasteiger partial charge in [-0.1, -0.05) is 19.1 Å². The van der Waals surface area contributed by atoms with E-state index in [0.29, 0.717) is 18.0 Å². The van der Waals surface area contributed by atoms with Crippen LogP contribution in [-0.4, -0.2) is 23.6 Å². The van der Waals surface area contributed by atoms with Crippen LogP contribution in [0.2, 0.25) is 0 Å². The van der Waals surface area contributed by atoms with Crippen molar-refractivity contribution in [3.63, 3.8) is 0 Å². The molecule has 3 aromatic rings. The predicted molar refractivity (Wildman–Crippen MR) is 112 cm³/mol. The standard InChI is InChI=1S/C22H23F3N4O/c1-4-12-30-18-10-8-16(9-11-18)27-20-19(22(23,24)25)14-26-21(28-20)29(3)17-7-5-6-15(2)13-17/h5-11,13-14H,4,12H2,1-3H3,(H,26,27,28). The number of halogens is 3. The smallest absolute Gasteiger partial charge is 0.421 e. The summed E-state index contributed by atoms with van der Waals surface area (Å²) in [5.41, 5.74) is 1.33. The fourth-order valence-electron chi connectivity index (χ4n) is 2.78. The van der Waals surface area contributed by atoms with Crippen molar-refractivity contribution in [3.8, 4) is 5.75 Å². The number of anilines is 4. The van der Waals surface area contributed by atoms with E-state index in [9.17, 15) is 13.2 Å². The Morgan fingerprint density at radius 3 is 2.47 bits per heavy atom. The highest BCUT2D eigenvalue weighted by Crippen LogP contribution is 2.36. The molecule has 3 rings (SSSR count). The molecule has 0 radical (unpaired) electrons. The normalized spacial score (nSPS) is 11.3. The van der Waals surface area contributed by atoms with E-state index in [4.69, 9.17) is 4.74 Å². The largest absolute Gasteiger partial charge is 0.494 e. The van der Waals surface area contributed by atoms with Gasteiger partial charge in [-0.25, -0.2) is 4.98 Å². The lowest BCUT2D eigenvalue weighted by Crippen LogP contribution is -2.17. The van der Waals surface area contributed by atoms with E-state index >= 15 is 0 Å². The number of aromatic nitrogens is 2. The van der Waals surface area contributed by atoms with Crippen molar-refractivity contribution in [3.05, 3.63) is 65.9 Å². The summed E-state index contributed by atoms with van der Waals surface area (Å²) in [6, 6.07) is 14.3. The Balaban J connectivity index is 1.92. The Kier molecular flexibility index (Phi) is 6.44. The van der Waals surface area contributed by atoms with Gasteiger partial charge in [0.2, 0.25) is 5.95 Å². The average Bonchev–Trinajstić information content (AvgIpc) is 2.72. The maximum absolute atomic E-state index is 13.5. The predicted octanol–water partition coefficient (Wildman–Crippen LogP) is 6.10. The molecule has 0 aliphatic rings. The Bertz CT molecular complexity index is 990. The molecule has 0 bridgehead atoms. The first kappa shape index (κ1) is 21.4. The number of nitrogens with one attached hydrogen (secondary N) is 1. The van der Waals surface area contributed by atoms with Crippen LogP contribution < -0.4 is 15.0 Å². The summed E-state index contributed by atoms with van der Waals surface area (Å²) in [6.45, 7) is 4.51. The molecule has 2 aromatic carbocycles. The number of benzene rings is 2. The van der Waals surface area contributed by atoms with E-state index in [1.165, 1.54) is 0 Å². The molecule has 0 spiro atoms. The molecule has 5 nitrogen and oxygen atoms in total. The lowest BCUT2D eigenvalue weighted by atomic mass is 10.2. The number of nitrogens with zero attached hydrogens (tertiary/aromatic N) is 3. The molecule has 0 unspecified atom stereocenters. The lowest BCUT2D eigenvalue weighted by Gasteiger charge is -2.20. The molecule has 0 fully saturated rings. The van der Waals surface area contributed by atoms with Crippen LogP contribution in [0.1, 0.15) is 24.5 Å². The summed E-state index contributed by atoms with van der Waals surface area (Å²) >= 11 is 0. The van der Waals surface area contributed by atoms with Crippen LogP contribution in [0.25, 0.3) is 0 Å². The molecular formula is C22H23F3N4O. The Hall–Kier alpha value is -3.29. The number of aryl methyl sites for hydroxylation is 1. The first-order chi connectivity index (χ1) is 14.3. The van der Waals surface area contributed by atoms with Gasteiger partial charge in [0.1, 0.15) is 17.1 Å². The molecule has 0 atom stereocenters. The van der Waals surface area contributed by atoms with E-state index in [1.54, 1.807) is 36.2 Å². The molecule has 0 aliphatic heterocycles. The summed E-state index contributed by atoms with van der Waals surface area (Å²) in [7, 11) is 1.71. The van der Waals surface area contributed by atoms with Gasteiger partial charge in [-0.05, 0) is 55.3 Å². The number of ether oxygens (including phenoxy) is 1. The fraction of sp³-hybridized carbons (Fsp3) is 0.273. The third kappa shape index (κ3) is 5.20. The van der Waals surface area contributed by atoms with Crippen molar-refractivity contribution in [2.45, 2.75) is 26.4 Å². The third-order valence-corrected chi connectivity index (χ3v) is 4.36. The van der Waals surface area contributed by atoms with Gasteiger partial charge in [-0.2, -0.15) is 18.2 Å². The van der Waals surface area contributed by atoms with Gasteiger partial charge in [0.05, 0.1) is 6.61 Å². The number of rotatable bonds is 7. The van der Waals surface area contributed by atoms with Crippen molar-refractivity contribution >= 4 is 23.1 Å². The Morgan fingerprint density at radius 2 is 1.83 bits per heavy atom. The van der Waals surface area contributed by atoms with Crippen molar-refractivity contribution < 1.29 is 17.9 Å². The van der Waals surface area contributed by atoms with Crippen LogP contribution in [-0.2, 0) is 6.18 Å². The van der Waals surface area contributed by atoms with E-state index in [0.717, 1.165) is 23.9 Å². The minimum atomic E-state index is -4.59. The zero-order chi connectivity index (χ0) is 21.7. The highest BCUT2D eigenvalue weighted by atomic mass is 19.4. The second kappa shape index (κ2) is 9.02. The minimum absolute atomic E-state index is 0.152. The van der Waals surface area contributed by atoms with Gasteiger partial charge in [0, 0.05) is 24.6 Å². The minimum Gasteiger partial charge on any atom is -0.494 e. The van der Waals surface area contributed by atoms with Gasteiger partial charge >= 0.3 is 6.18 Å². The molecule has 0 amide bonds. The van der Waals surface area contributed by atoms with Crippen LogP contribution in [0, 0.1) is 6.92 Å². The Morgan fingerprint density at radius 1 is 1.10 bits per heavy atom. The van der Waals surface area contributed by atoms with Crippen molar-refractivity contribution in [2.75, 3.05) is 23.9 Å². The molecule has 0 aliphatic carbocycles. The number of hydrogen-bond donors (Lipinski definition) is 1. The van der Waals surface area contributed by atoms with Crippen LogP contribution in [0.5, 0.6) is 5.75 Å². The maximum Gasteiger partial charge on any atom is 0.421 e. The van der Waals surface area contributed by atoms with Gasteiger partial charge in [-0.15, -0.1) is 0 Å². The average molecular weight is 416 g/mol. The van der Waals surface area contributed by atoms with E-state index in [2.05, 4.69) is 15.3 Å². The van der Waals surface area contributed by atoms with Gasteiger partial charge in [-0.3, -0.25) is 0 Å². The Labute approximate surface area is 173 Å². The molecule has 30 heavy (non-hydrogen) atoms. The highest BCUT2D eigenvalue weighted by molar-refractivity contribution is 5.64. The van der Waals surface area contributed by atoms with E-state index in [-0.39, 0.29) is 11.8 Å². The molecule has 1 aromatic heterocycles. The maximum atomic E-state index is 13.5. The summed E-state index contributed by atoms with van der Waals surface area (Å²) in [6.07, 6.45) is -2.92. The van der Waals surface area contributed by atoms with Crippen molar-refractivity contribution in [2.24, 2.45) is 0 Å². The molecule has 8 heteroatoms. The van der Waals surface area contributed by atoms with Crippen LogP contribution in [0.3, 0.4) is 0 Å². The number of alkyl halides is 3. The van der Waals surface area contributed by atoms with Crippen LogP contribution >= 0.6 is 0 Å². The summed E-state index contributed by atoms with van der Waals surface area (Å²) < 4.78 is 46.0.